The van der Waals surface area contributed by atoms with Gasteiger partial charge in [0.05, 0.1) is 38.5 Å². The Hall–Kier alpha value is -1.93. The van der Waals surface area contributed by atoms with Gasteiger partial charge in [0.1, 0.15) is 0 Å². The Morgan fingerprint density at radius 1 is 0.346 bits per heavy atom. The van der Waals surface area contributed by atoms with E-state index in [2.05, 4.69) is 0 Å². The molecule has 12 nitrogen and oxygen atoms in total. The van der Waals surface area contributed by atoms with Crippen molar-refractivity contribution in [3.8, 4) is 0 Å². The van der Waals surface area contributed by atoms with Crippen molar-refractivity contribution >= 4 is 35.8 Å². The SMILES string of the molecule is O=C(O)CCC(=O)O.O=C(O)CCC(=O)O.O=C(O)CCC(=O)O.[Ru].[Ru]. The molecule has 0 aliphatic heterocycles. The van der Waals surface area contributed by atoms with Crippen molar-refractivity contribution in [3.63, 3.8) is 0 Å². The first-order chi connectivity index (χ1) is 10.9. The minimum atomic E-state index is -1.08. The fourth-order valence-electron chi connectivity index (χ4n) is 0.642. The van der Waals surface area contributed by atoms with Gasteiger partial charge < -0.3 is 30.6 Å². The quantitative estimate of drug-likeness (QED) is 0.203. The molecule has 0 aromatic heterocycles. The minimum Gasteiger partial charge on any atom is -0.481 e. The molecule has 154 valence electrons. The van der Waals surface area contributed by atoms with E-state index in [1.807, 2.05) is 0 Å². The summed E-state index contributed by atoms with van der Waals surface area (Å²) in [6.45, 7) is 0. The van der Waals surface area contributed by atoms with Crippen LogP contribution in [-0.4, -0.2) is 66.5 Å². The van der Waals surface area contributed by atoms with Crippen molar-refractivity contribution in [2.75, 3.05) is 0 Å². The molecule has 0 bridgehead atoms. The first kappa shape index (κ1) is 35.2. The van der Waals surface area contributed by atoms with Gasteiger partial charge in [0.2, 0.25) is 0 Å². The van der Waals surface area contributed by atoms with E-state index in [9.17, 15) is 28.8 Å². The molecule has 6 N–H and O–H groups in total. The molecule has 14 heteroatoms. The van der Waals surface area contributed by atoms with E-state index >= 15 is 0 Å². The Morgan fingerprint density at radius 3 is 0.462 bits per heavy atom. The van der Waals surface area contributed by atoms with Gasteiger partial charge in [0.15, 0.2) is 0 Å². The van der Waals surface area contributed by atoms with E-state index in [1.165, 1.54) is 0 Å². The van der Waals surface area contributed by atoms with Crippen LogP contribution in [0.4, 0.5) is 0 Å². The van der Waals surface area contributed by atoms with Crippen molar-refractivity contribution in [3.05, 3.63) is 0 Å². The Labute approximate surface area is 172 Å². The molecule has 0 aromatic carbocycles. The van der Waals surface area contributed by atoms with Crippen LogP contribution in [0.2, 0.25) is 0 Å². The number of rotatable bonds is 9. The Kier molecular flexibility index (Phi) is 31.3. The molecule has 0 atom stereocenters. The average Bonchev–Trinajstić information content (AvgIpc) is 2.42. The summed E-state index contributed by atoms with van der Waals surface area (Å²) in [5.41, 5.74) is 0. The molecular formula is C12H18O12Ru2. The van der Waals surface area contributed by atoms with Gasteiger partial charge in [-0.15, -0.1) is 0 Å². The number of aliphatic carboxylic acids is 6. The third kappa shape index (κ3) is 57.4. The van der Waals surface area contributed by atoms with Crippen molar-refractivity contribution in [1.29, 1.82) is 0 Å². The predicted octanol–water partition coefficient (Wildman–Crippen LogP) is -0.198. The maximum atomic E-state index is 9.64. The van der Waals surface area contributed by atoms with E-state index in [0.29, 0.717) is 0 Å². The van der Waals surface area contributed by atoms with Gasteiger partial charge in [-0.2, -0.15) is 0 Å². The van der Waals surface area contributed by atoms with Gasteiger partial charge in [0, 0.05) is 39.0 Å². The monoisotopic (exact) mass is 558 g/mol. The molecule has 0 unspecified atom stereocenters. The van der Waals surface area contributed by atoms with Crippen LogP contribution in [0.5, 0.6) is 0 Å². The molecule has 0 radical (unpaired) electrons. The van der Waals surface area contributed by atoms with Crippen molar-refractivity contribution < 1.29 is 98.4 Å². The molecule has 0 aromatic rings. The molecule has 0 heterocycles. The normalized spacial score (nSPS) is 7.85. The van der Waals surface area contributed by atoms with E-state index in [4.69, 9.17) is 30.6 Å². The summed E-state index contributed by atoms with van der Waals surface area (Å²) < 4.78 is 0. The minimum absolute atomic E-state index is 0. The molecule has 0 spiro atoms. The summed E-state index contributed by atoms with van der Waals surface area (Å²) in [5, 5.41) is 47.4. The van der Waals surface area contributed by atoms with E-state index in [-0.39, 0.29) is 77.5 Å². The second-order valence-electron chi connectivity index (χ2n) is 3.86. The van der Waals surface area contributed by atoms with Gasteiger partial charge in [-0.3, -0.25) is 28.8 Å². The summed E-state index contributed by atoms with van der Waals surface area (Å²) in [6, 6.07) is 0. The number of carbonyl (C=O) groups is 6. The number of carboxylic acids is 6. The first-order valence-corrected chi connectivity index (χ1v) is 6.19. The largest absolute Gasteiger partial charge is 0.481 e. The molecule has 0 fully saturated rings. The van der Waals surface area contributed by atoms with Gasteiger partial charge in [-0.05, 0) is 0 Å². The smallest absolute Gasteiger partial charge is 0.303 e. The molecule has 0 amide bonds. The van der Waals surface area contributed by atoms with Crippen LogP contribution in [0.25, 0.3) is 0 Å². The number of carboxylic acid groups (broad SMARTS) is 6. The molecular weight excluding hydrogens is 538 g/mol. The van der Waals surface area contributed by atoms with E-state index in [1.54, 1.807) is 0 Å². The van der Waals surface area contributed by atoms with Crippen LogP contribution in [0.3, 0.4) is 0 Å². The topological polar surface area (TPSA) is 224 Å². The van der Waals surface area contributed by atoms with Gasteiger partial charge in [-0.25, -0.2) is 0 Å². The van der Waals surface area contributed by atoms with Gasteiger partial charge >= 0.3 is 35.8 Å². The average molecular weight is 556 g/mol. The zero-order chi connectivity index (χ0) is 19.7. The molecule has 0 aliphatic rings. The summed E-state index contributed by atoms with van der Waals surface area (Å²) in [7, 11) is 0. The van der Waals surface area contributed by atoms with Gasteiger partial charge in [0.25, 0.3) is 0 Å². The molecule has 0 saturated carbocycles. The van der Waals surface area contributed by atoms with Crippen LogP contribution in [0.15, 0.2) is 0 Å². The Bertz CT molecular complexity index is 355. The van der Waals surface area contributed by atoms with Crippen LogP contribution < -0.4 is 0 Å². The molecule has 26 heavy (non-hydrogen) atoms. The van der Waals surface area contributed by atoms with Crippen LogP contribution in [0.1, 0.15) is 38.5 Å². The van der Waals surface area contributed by atoms with Crippen LogP contribution >= 0.6 is 0 Å². The first-order valence-electron chi connectivity index (χ1n) is 6.19. The maximum Gasteiger partial charge on any atom is 0.303 e. The summed E-state index contributed by atoms with van der Waals surface area (Å²) in [6.07, 6.45) is -1.78. The Morgan fingerprint density at radius 2 is 0.423 bits per heavy atom. The van der Waals surface area contributed by atoms with E-state index in [0.717, 1.165) is 0 Å². The summed E-state index contributed by atoms with van der Waals surface area (Å²) in [5.74, 6) is -6.46. The predicted molar refractivity (Wildman–Crippen MR) is 73.5 cm³/mol. The molecule has 0 aliphatic carbocycles. The second-order valence-corrected chi connectivity index (χ2v) is 3.86. The summed E-state index contributed by atoms with van der Waals surface area (Å²) in [4.78, 5) is 57.8. The molecule has 0 rings (SSSR count). The number of hydrogen-bond donors (Lipinski definition) is 6. The zero-order valence-electron chi connectivity index (χ0n) is 13.1. The fraction of sp³-hybridized carbons (Fsp3) is 0.500. The standard InChI is InChI=1S/3C4H6O4.2Ru/c3*5-3(6)1-2-4(7)8;;/h3*1-2H2,(H,5,6)(H,7,8);;. The third-order valence-electron chi connectivity index (χ3n) is 1.66. The Balaban J connectivity index is -0.0000000817. The number of hydrogen-bond acceptors (Lipinski definition) is 6. The maximum absolute atomic E-state index is 9.64. The fourth-order valence-corrected chi connectivity index (χ4v) is 0.642. The zero-order valence-corrected chi connectivity index (χ0v) is 16.6. The van der Waals surface area contributed by atoms with Crippen molar-refractivity contribution in [2.45, 2.75) is 38.5 Å². The van der Waals surface area contributed by atoms with Crippen molar-refractivity contribution in [1.82, 2.24) is 0 Å². The van der Waals surface area contributed by atoms with Crippen LogP contribution in [-0.2, 0) is 67.7 Å². The van der Waals surface area contributed by atoms with Gasteiger partial charge in [-0.1, -0.05) is 0 Å². The van der Waals surface area contributed by atoms with Crippen LogP contribution in [0, 0.1) is 0 Å². The molecule has 0 saturated heterocycles. The van der Waals surface area contributed by atoms with Crippen molar-refractivity contribution in [2.24, 2.45) is 0 Å². The van der Waals surface area contributed by atoms with E-state index < -0.39 is 35.8 Å². The third-order valence-corrected chi connectivity index (χ3v) is 1.66. The second kappa shape index (κ2) is 23.1. The summed E-state index contributed by atoms with van der Waals surface area (Å²) >= 11 is 0.